The average Bonchev–Trinajstić information content (AvgIpc) is 3.01. The summed E-state index contributed by atoms with van der Waals surface area (Å²) in [5.74, 6) is -0.270. The quantitative estimate of drug-likeness (QED) is 0.369. The van der Waals surface area contributed by atoms with Gasteiger partial charge in [0.15, 0.2) is 0 Å². The molecule has 0 fully saturated rings. The summed E-state index contributed by atoms with van der Waals surface area (Å²) in [6.45, 7) is 1.19. The number of carbonyl (C=O) groups is 1. The van der Waals surface area contributed by atoms with Crippen LogP contribution in [0.2, 0.25) is 0 Å². The molecular weight excluding hydrogens is 354 g/mol. The Hall–Kier alpha value is -2.23. The van der Waals surface area contributed by atoms with Gasteiger partial charge in [0.1, 0.15) is 11.4 Å². The van der Waals surface area contributed by atoms with Gasteiger partial charge in [0.25, 0.3) is 11.6 Å². The van der Waals surface area contributed by atoms with E-state index >= 15 is 0 Å². The van der Waals surface area contributed by atoms with E-state index < -0.39 is 4.92 Å². The number of amides is 1. The molecule has 0 aliphatic carbocycles. The molecule has 1 heterocycles. The van der Waals surface area contributed by atoms with E-state index in [4.69, 9.17) is 5.73 Å². The lowest BCUT2D eigenvalue weighted by molar-refractivity contribution is -0.384. The maximum Gasteiger partial charge on any atom is 0.292 e. The summed E-state index contributed by atoms with van der Waals surface area (Å²) in [7, 11) is 0. The third kappa shape index (κ3) is 5.44. The predicted octanol–water partition coefficient (Wildman–Crippen LogP) is 1.82. The van der Waals surface area contributed by atoms with Gasteiger partial charge in [-0.15, -0.1) is 23.7 Å². The van der Waals surface area contributed by atoms with Gasteiger partial charge in [-0.2, -0.15) is 0 Å². The number of aromatic nitrogens is 1. The van der Waals surface area contributed by atoms with E-state index in [2.05, 4.69) is 15.6 Å². The van der Waals surface area contributed by atoms with Crippen molar-refractivity contribution in [2.45, 2.75) is 6.42 Å². The molecule has 2 aromatic rings. The monoisotopic (exact) mass is 371 g/mol. The maximum atomic E-state index is 11.9. The van der Waals surface area contributed by atoms with Crippen LogP contribution in [0.1, 0.15) is 15.5 Å². The standard InChI is InChI=1S/C14H17N5O3S.ClH/c15-6-5-13-18-11(9-23-13)14(20)17-8-7-16-10-3-1-2-4-12(10)19(21)22;/h1-4,9,16H,5-8,15H2,(H,17,20);1H. The van der Waals surface area contributed by atoms with E-state index in [1.54, 1.807) is 23.6 Å². The van der Waals surface area contributed by atoms with Crippen molar-refractivity contribution in [1.29, 1.82) is 0 Å². The van der Waals surface area contributed by atoms with Gasteiger partial charge in [-0.25, -0.2) is 4.98 Å². The number of anilines is 1. The lowest BCUT2D eigenvalue weighted by Crippen LogP contribution is -2.29. The molecule has 0 aliphatic rings. The van der Waals surface area contributed by atoms with E-state index in [0.717, 1.165) is 5.01 Å². The minimum Gasteiger partial charge on any atom is -0.378 e. The first-order chi connectivity index (χ1) is 11.1. The molecule has 0 radical (unpaired) electrons. The molecule has 1 amide bonds. The Morgan fingerprint density at radius 2 is 2.08 bits per heavy atom. The van der Waals surface area contributed by atoms with Crippen molar-refractivity contribution in [2.24, 2.45) is 5.73 Å². The van der Waals surface area contributed by atoms with Gasteiger partial charge >= 0.3 is 0 Å². The molecule has 10 heteroatoms. The molecule has 4 N–H and O–H groups in total. The zero-order valence-electron chi connectivity index (χ0n) is 12.7. The number of nitro benzene ring substituents is 1. The van der Waals surface area contributed by atoms with E-state index in [-0.39, 0.29) is 24.0 Å². The van der Waals surface area contributed by atoms with Crippen molar-refractivity contribution < 1.29 is 9.72 Å². The fourth-order valence-corrected chi connectivity index (χ4v) is 2.69. The Labute approximate surface area is 149 Å². The van der Waals surface area contributed by atoms with Gasteiger partial charge in [0.2, 0.25) is 0 Å². The topological polar surface area (TPSA) is 123 Å². The number of nitrogens with zero attached hydrogens (tertiary/aromatic N) is 2. The molecule has 0 atom stereocenters. The highest BCUT2D eigenvalue weighted by molar-refractivity contribution is 7.09. The first kappa shape index (κ1) is 19.8. The first-order valence-electron chi connectivity index (χ1n) is 7.01. The maximum absolute atomic E-state index is 11.9. The molecule has 0 spiro atoms. The molecule has 1 aromatic heterocycles. The van der Waals surface area contributed by atoms with Gasteiger partial charge in [-0.3, -0.25) is 14.9 Å². The van der Waals surface area contributed by atoms with E-state index in [1.807, 2.05) is 0 Å². The lowest BCUT2D eigenvalue weighted by Gasteiger charge is -2.07. The molecule has 0 saturated heterocycles. The number of hydrogen-bond donors (Lipinski definition) is 3. The molecule has 0 aliphatic heterocycles. The van der Waals surface area contributed by atoms with Crippen molar-refractivity contribution in [2.75, 3.05) is 25.0 Å². The molecule has 0 saturated carbocycles. The SMILES string of the molecule is Cl.NCCc1nc(C(=O)NCCNc2ccccc2[N+](=O)[O-])cs1. The number of para-hydroxylation sites is 2. The molecule has 8 nitrogen and oxygen atoms in total. The number of rotatable bonds is 8. The van der Waals surface area contributed by atoms with Crippen molar-refractivity contribution in [3.8, 4) is 0 Å². The molecule has 130 valence electrons. The van der Waals surface area contributed by atoms with Gasteiger partial charge < -0.3 is 16.4 Å². The highest BCUT2D eigenvalue weighted by atomic mass is 35.5. The van der Waals surface area contributed by atoms with Crippen LogP contribution in [-0.2, 0) is 6.42 Å². The average molecular weight is 372 g/mol. The summed E-state index contributed by atoms with van der Waals surface area (Å²) >= 11 is 1.40. The summed E-state index contributed by atoms with van der Waals surface area (Å²) < 4.78 is 0. The van der Waals surface area contributed by atoms with Crippen LogP contribution < -0.4 is 16.4 Å². The summed E-state index contributed by atoms with van der Waals surface area (Å²) in [5.41, 5.74) is 6.23. The molecule has 24 heavy (non-hydrogen) atoms. The predicted molar refractivity (Wildman–Crippen MR) is 96.0 cm³/mol. The van der Waals surface area contributed by atoms with Gasteiger partial charge in [0, 0.05) is 31.0 Å². The number of benzene rings is 1. The van der Waals surface area contributed by atoms with Crippen molar-refractivity contribution in [3.05, 3.63) is 50.5 Å². The number of nitro groups is 1. The molecule has 0 bridgehead atoms. The minimum atomic E-state index is -0.449. The second kappa shape index (κ2) is 9.81. The highest BCUT2D eigenvalue weighted by Crippen LogP contribution is 2.22. The van der Waals surface area contributed by atoms with Crippen LogP contribution in [0.15, 0.2) is 29.6 Å². The fraction of sp³-hybridized carbons (Fsp3) is 0.286. The summed E-state index contributed by atoms with van der Waals surface area (Å²) in [5, 5.41) is 19.1. The highest BCUT2D eigenvalue weighted by Gasteiger charge is 2.12. The van der Waals surface area contributed by atoms with Crippen molar-refractivity contribution >= 4 is 41.0 Å². The first-order valence-corrected chi connectivity index (χ1v) is 7.89. The largest absolute Gasteiger partial charge is 0.378 e. The smallest absolute Gasteiger partial charge is 0.292 e. The molecular formula is C14H18ClN5O3S. The number of halogens is 1. The van der Waals surface area contributed by atoms with Crippen LogP contribution in [0.25, 0.3) is 0 Å². The van der Waals surface area contributed by atoms with Gasteiger partial charge in [-0.05, 0) is 12.6 Å². The van der Waals surface area contributed by atoms with Crippen LogP contribution in [0, 0.1) is 10.1 Å². The van der Waals surface area contributed by atoms with Gasteiger partial charge in [-0.1, -0.05) is 12.1 Å². The summed E-state index contributed by atoms with van der Waals surface area (Å²) in [4.78, 5) is 26.5. The Kier molecular flexibility index (Phi) is 8.10. The molecule has 1 aromatic carbocycles. The third-order valence-corrected chi connectivity index (χ3v) is 3.88. The normalized spacial score (nSPS) is 9.88. The molecule has 2 rings (SSSR count). The second-order valence-corrected chi connectivity index (χ2v) is 5.56. The number of hydrogen-bond acceptors (Lipinski definition) is 7. The lowest BCUT2D eigenvalue weighted by atomic mass is 10.2. The Balaban J connectivity index is 0.00000288. The number of carbonyl (C=O) groups excluding carboxylic acids is 1. The van der Waals surface area contributed by atoms with Crippen molar-refractivity contribution in [3.63, 3.8) is 0 Å². The van der Waals surface area contributed by atoms with Crippen LogP contribution >= 0.6 is 23.7 Å². The second-order valence-electron chi connectivity index (χ2n) is 4.62. The third-order valence-electron chi connectivity index (χ3n) is 2.97. The number of thiazole rings is 1. The zero-order valence-corrected chi connectivity index (χ0v) is 14.4. The fourth-order valence-electron chi connectivity index (χ4n) is 1.90. The Bertz CT molecular complexity index is 695. The zero-order chi connectivity index (χ0) is 16.7. The van der Waals surface area contributed by atoms with Crippen LogP contribution in [-0.4, -0.2) is 35.4 Å². The Morgan fingerprint density at radius 1 is 1.33 bits per heavy atom. The van der Waals surface area contributed by atoms with E-state index in [0.29, 0.717) is 37.4 Å². The minimum absolute atomic E-state index is 0. The van der Waals surface area contributed by atoms with Gasteiger partial charge in [0.05, 0.1) is 9.93 Å². The Morgan fingerprint density at radius 3 is 2.79 bits per heavy atom. The van der Waals surface area contributed by atoms with Crippen molar-refractivity contribution in [1.82, 2.24) is 10.3 Å². The van der Waals surface area contributed by atoms with Crippen LogP contribution in [0.5, 0.6) is 0 Å². The summed E-state index contributed by atoms with van der Waals surface area (Å²) in [6, 6.07) is 6.36. The van der Waals surface area contributed by atoms with Crippen LogP contribution in [0.4, 0.5) is 11.4 Å². The number of nitrogens with one attached hydrogen (secondary N) is 2. The summed E-state index contributed by atoms with van der Waals surface area (Å²) in [6.07, 6.45) is 0.650. The van der Waals surface area contributed by atoms with E-state index in [1.165, 1.54) is 17.4 Å². The number of nitrogens with two attached hydrogens (primary N) is 1. The van der Waals surface area contributed by atoms with Crippen LogP contribution in [0.3, 0.4) is 0 Å². The molecule has 0 unspecified atom stereocenters. The van der Waals surface area contributed by atoms with E-state index in [9.17, 15) is 14.9 Å².